The fraction of sp³-hybridized carbons (Fsp3) is 0.0698. The van der Waals surface area contributed by atoms with E-state index in [0.29, 0.717) is 13.0 Å². The smallest absolute Gasteiger partial charge is 0.227 e. The topological polar surface area (TPSA) is 59.0 Å². The van der Waals surface area contributed by atoms with Gasteiger partial charge in [0.05, 0.1) is 5.69 Å². The third-order valence-electron chi connectivity index (χ3n) is 9.13. The molecule has 48 heavy (non-hydrogen) atoms. The number of nitrogens with zero attached hydrogens (tertiary/aromatic N) is 4. The molecule has 0 saturated carbocycles. The van der Waals surface area contributed by atoms with Gasteiger partial charge in [-0.25, -0.2) is 0 Å². The van der Waals surface area contributed by atoms with E-state index in [2.05, 4.69) is 99.9 Å². The Kier molecular flexibility index (Phi) is 7.85. The maximum absolute atomic E-state index is 13.3. The van der Waals surface area contributed by atoms with Crippen LogP contribution in [0.15, 0.2) is 159 Å². The summed E-state index contributed by atoms with van der Waals surface area (Å²) in [5, 5.41) is 0. The minimum absolute atomic E-state index is 0.165. The zero-order chi connectivity index (χ0) is 32.3. The monoisotopic (exact) mass is 620 g/mol. The number of benzene rings is 4. The molecule has 0 N–H and O–H groups in total. The van der Waals surface area contributed by atoms with Crippen LogP contribution in [-0.4, -0.2) is 27.4 Å². The van der Waals surface area contributed by atoms with E-state index in [4.69, 9.17) is 0 Å². The molecular weight excluding hydrogens is 589 g/mol. The molecule has 1 saturated heterocycles. The Morgan fingerprint density at radius 1 is 0.396 bits per heavy atom. The van der Waals surface area contributed by atoms with E-state index in [0.717, 1.165) is 78.9 Å². The molecule has 0 spiro atoms. The predicted molar refractivity (Wildman–Crippen MR) is 194 cm³/mol. The van der Waals surface area contributed by atoms with Gasteiger partial charge in [-0.05, 0) is 116 Å². The minimum atomic E-state index is 0.165. The Bertz CT molecular complexity index is 2180. The van der Waals surface area contributed by atoms with Crippen LogP contribution < -0.4 is 4.90 Å². The Balaban J connectivity index is 1.29. The number of hydrogen-bond acceptors (Lipinski definition) is 4. The number of hydrogen-bond donors (Lipinski definition) is 0. The number of amides is 1. The standard InChI is InChI=1S/C43H32N4O/c48-43-2-1-27-47(43)42-29-40(37-11-5-31(6-12-37)34-17-23-45-24-18-34)39(36-9-3-30(4-10-36)33-15-21-44-22-16-33)28-41(42)38-13-7-32(8-14-38)35-19-25-46-26-20-35/h3-26,28-29H,1-2,27H2. The van der Waals surface area contributed by atoms with Crippen LogP contribution in [0.3, 0.4) is 0 Å². The second kappa shape index (κ2) is 12.9. The molecule has 4 aromatic carbocycles. The fourth-order valence-electron chi connectivity index (χ4n) is 6.58. The SMILES string of the molecule is O=C1CCCN1c1cc(-c2ccc(-c3ccncc3)cc2)c(-c2ccc(-c3ccncc3)cc2)cc1-c1ccc(-c2ccncc2)cc1. The molecule has 5 heteroatoms. The van der Waals surface area contributed by atoms with Crippen LogP contribution in [0.5, 0.6) is 0 Å². The van der Waals surface area contributed by atoms with Crippen molar-refractivity contribution in [2.75, 3.05) is 11.4 Å². The van der Waals surface area contributed by atoms with Gasteiger partial charge in [0.1, 0.15) is 0 Å². The van der Waals surface area contributed by atoms with Gasteiger partial charge in [0.25, 0.3) is 0 Å². The summed E-state index contributed by atoms with van der Waals surface area (Å²) in [7, 11) is 0. The number of anilines is 1. The highest BCUT2D eigenvalue weighted by atomic mass is 16.2. The summed E-state index contributed by atoms with van der Waals surface area (Å²) in [4.78, 5) is 27.8. The number of aromatic nitrogens is 3. The van der Waals surface area contributed by atoms with E-state index < -0.39 is 0 Å². The van der Waals surface area contributed by atoms with Crippen molar-refractivity contribution in [2.45, 2.75) is 12.8 Å². The summed E-state index contributed by atoms with van der Waals surface area (Å²) < 4.78 is 0. The molecule has 1 amide bonds. The van der Waals surface area contributed by atoms with Gasteiger partial charge >= 0.3 is 0 Å². The molecule has 1 aliphatic rings. The molecule has 8 rings (SSSR count). The summed E-state index contributed by atoms with van der Waals surface area (Å²) in [6.07, 6.45) is 12.3. The number of pyridine rings is 3. The Morgan fingerprint density at radius 3 is 1.10 bits per heavy atom. The fourth-order valence-corrected chi connectivity index (χ4v) is 6.58. The molecule has 7 aromatic rings. The molecule has 0 bridgehead atoms. The van der Waals surface area contributed by atoms with E-state index in [1.807, 2.05) is 78.5 Å². The summed E-state index contributed by atoms with van der Waals surface area (Å²) >= 11 is 0. The average Bonchev–Trinajstić information content (AvgIpc) is 3.61. The Labute approximate surface area is 280 Å². The van der Waals surface area contributed by atoms with Crippen molar-refractivity contribution in [2.24, 2.45) is 0 Å². The van der Waals surface area contributed by atoms with Crippen molar-refractivity contribution in [3.63, 3.8) is 0 Å². The number of carbonyl (C=O) groups excluding carboxylic acids is 1. The van der Waals surface area contributed by atoms with E-state index in [1.165, 1.54) is 0 Å². The van der Waals surface area contributed by atoms with E-state index in [1.54, 1.807) is 0 Å². The van der Waals surface area contributed by atoms with Crippen LogP contribution in [0.1, 0.15) is 12.8 Å². The highest BCUT2D eigenvalue weighted by molar-refractivity contribution is 6.03. The molecule has 5 nitrogen and oxygen atoms in total. The van der Waals surface area contributed by atoms with E-state index in [-0.39, 0.29) is 5.91 Å². The van der Waals surface area contributed by atoms with Crippen LogP contribution in [0.2, 0.25) is 0 Å². The van der Waals surface area contributed by atoms with Gasteiger partial charge < -0.3 is 4.90 Å². The quantitative estimate of drug-likeness (QED) is 0.178. The first-order valence-electron chi connectivity index (χ1n) is 16.2. The van der Waals surface area contributed by atoms with Gasteiger partial charge in [-0.15, -0.1) is 0 Å². The van der Waals surface area contributed by atoms with Crippen molar-refractivity contribution in [1.29, 1.82) is 0 Å². The molecule has 1 fully saturated rings. The van der Waals surface area contributed by atoms with Crippen LogP contribution >= 0.6 is 0 Å². The van der Waals surface area contributed by atoms with E-state index >= 15 is 0 Å². The number of rotatable bonds is 7. The summed E-state index contributed by atoms with van der Waals surface area (Å²) in [5.41, 5.74) is 14.2. The summed E-state index contributed by atoms with van der Waals surface area (Å²) in [6.45, 7) is 0.710. The van der Waals surface area contributed by atoms with Gasteiger partial charge in [-0.2, -0.15) is 0 Å². The van der Waals surface area contributed by atoms with Crippen LogP contribution in [0, 0.1) is 0 Å². The minimum Gasteiger partial charge on any atom is -0.312 e. The van der Waals surface area contributed by atoms with Crippen LogP contribution in [0.4, 0.5) is 5.69 Å². The molecule has 4 heterocycles. The van der Waals surface area contributed by atoms with Gasteiger partial charge in [0, 0.05) is 55.7 Å². The van der Waals surface area contributed by atoms with Crippen molar-refractivity contribution in [1.82, 2.24) is 15.0 Å². The summed E-state index contributed by atoms with van der Waals surface area (Å²) in [5.74, 6) is 0.165. The van der Waals surface area contributed by atoms with Crippen molar-refractivity contribution >= 4 is 11.6 Å². The lowest BCUT2D eigenvalue weighted by molar-refractivity contribution is -0.117. The lowest BCUT2D eigenvalue weighted by atomic mass is 9.88. The number of carbonyl (C=O) groups is 1. The molecule has 0 radical (unpaired) electrons. The van der Waals surface area contributed by atoms with Gasteiger partial charge in [-0.1, -0.05) is 72.8 Å². The molecule has 3 aromatic heterocycles. The maximum Gasteiger partial charge on any atom is 0.227 e. The average molecular weight is 621 g/mol. The normalized spacial score (nSPS) is 12.8. The zero-order valence-electron chi connectivity index (χ0n) is 26.3. The first kappa shape index (κ1) is 29.2. The molecule has 0 aliphatic carbocycles. The van der Waals surface area contributed by atoms with Gasteiger partial charge in [0.2, 0.25) is 5.91 Å². The highest BCUT2D eigenvalue weighted by Crippen LogP contribution is 2.44. The third kappa shape index (κ3) is 5.78. The second-order valence-electron chi connectivity index (χ2n) is 12.0. The zero-order valence-corrected chi connectivity index (χ0v) is 26.3. The predicted octanol–water partition coefficient (Wildman–Crippen LogP) is 10.0. The van der Waals surface area contributed by atoms with E-state index in [9.17, 15) is 4.79 Å². The lowest BCUT2D eigenvalue weighted by Gasteiger charge is -2.24. The first-order valence-corrected chi connectivity index (χ1v) is 16.2. The van der Waals surface area contributed by atoms with Crippen molar-refractivity contribution in [3.8, 4) is 66.8 Å². The Morgan fingerprint density at radius 2 is 0.729 bits per heavy atom. The largest absolute Gasteiger partial charge is 0.312 e. The van der Waals surface area contributed by atoms with Crippen molar-refractivity contribution in [3.05, 3.63) is 159 Å². The van der Waals surface area contributed by atoms with Crippen LogP contribution in [-0.2, 0) is 4.79 Å². The molecule has 230 valence electrons. The van der Waals surface area contributed by atoms with Crippen molar-refractivity contribution < 1.29 is 4.79 Å². The molecule has 0 unspecified atom stereocenters. The molecule has 0 atom stereocenters. The third-order valence-corrected chi connectivity index (χ3v) is 9.13. The first-order chi connectivity index (χ1) is 23.7. The molecule has 1 aliphatic heterocycles. The highest BCUT2D eigenvalue weighted by Gasteiger charge is 2.26. The van der Waals surface area contributed by atoms with Crippen LogP contribution in [0.25, 0.3) is 66.8 Å². The van der Waals surface area contributed by atoms with Gasteiger partial charge in [-0.3, -0.25) is 19.7 Å². The maximum atomic E-state index is 13.3. The molecular formula is C43H32N4O. The summed E-state index contributed by atoms with van der Waals surface area (Å²) in [6, 6.07) is 42.7. The lowest BCUT2D eigenvalue weighted by Crippen LogP contribution is -2.24. The van der Waals surface area contributed by atoms with Gasteiger partial charge in [0.15, 0.2) is 0 Å². The Hall–Kier alpha value is -6.20. The second-order valence-corrected chi connectivity index (χ2v) is 12.0.